The number of ether oxygens (including phenoxy) is 2. The average Bonchev–Trinajstić information content (AvgIpc) is 2.28. The van der Waals surface area contributed by atoms with Crippen LogP contribution in [0, 0.1) is 0 Å². The molecule has 5 nitrogen and oxygen atoms in total. The number of fused-ring (bicyclic) bond motifs is 1. The van der Waals surface area contributed by atoms with E-state index in [0.717, 1.165) is 0 Å². The lowest BCUT2D eigenvalue weighted by Crippen LogP contribution is -2.46. The monoisotopic (exact) mass is 235 g/mol. The quantitative estimate of drug-likeness (QED) is 0.591. The lowest BCUT2D eigenvalue weighted by Gasteiger charge is -2.31. The fourth-order valence-corrected chi connectivity index (χ4v) is 1.57. The van der Waals surface area contributed by atoms with Gasteiger partial charge in [-0.15, -0.1) is 0 Å². The summed E-state index contributed by atoms with van der Waals surface area (Å²) in [5.74, 6) is -0.502. The molecule has 1 aliphatic heterocycles. The van der Waals surface area contributed by atoms with Crippen LogP contribution in [0.3, 0.4) is 0 Å². The molecule has 0 fully saturated rings. The van der Waals surface area contributed by atoms with E-state index in [-0.39, 0.29) is 5.97 Å². The molecule has 90 valence electrons. The van der Waals surface area contributed by atoms with E-state index in [1.54, 1.807) is 26.0 Å². The van der Waals surface area contributed by atoms with Crippen molar-refractivity contribution >= 4 is 17.6 Å². The number of esters is 2. The minimum Gasteiger partial charge on any atom is -0.465 e. The van der Waals surface area contributed by atoms with Gasteiger partial charge in [-0.3, -0.25) is 0 Å². The van der Waals surface area contributed by atoms with E-state index in [1.807, 2.05) is 0 Å². The van der Waals surface area contributed by atoms with Crippen LogP contribution in [0.25, 0.3) is 0 Å². The molecule has 1 aliphatic rings. The van der Waals surface area contributed by atoms with Gasteiger partial charge in [-0.05, 0) is 32.0 Å². The molecule has 1 N–H and O–H groups in total. The minimum absolute atomic E-state index is 0.345. The summed E-state index contributed by atoms with van der Waals surface area (Å²) in [7, 11) is 1.30. The smallest absolute Gasteiger partial charge is 0.337 e. The molecule has 0 unspecified atom stereocenters. The molecule has 2 rings (SSSR count). The van der Waals surface area contributed by atoms with Crippen LogP contribution in [0.5, 0.6) is 5.75 Å². The Morgan fingerprint density at radius 1 is 1.41 bits per heavy atom. The van der Waals surface area contributed by atoms with Gasteiger partial charge in [-0.1, -0.05) is 0 Å². The minimum atomic E-state index is -0.764. The number of nitrogens with one attached hydrogen (secondary N) is 1. The lowest BCUT2D eigenvalue weighted by molar-refractivity contribution is -0.139. The normalized spacial score (nSPS) is 16.5. The number of carbonyl (C=O) groups is 2. The number of benzene rings is 1. The van der Waals surface area contributed by atoms with Gasteiger partial charge in [-0.25, -0.2) is 9.59 Å². The molecule has 5 heteroatoms. The second-order valence-corrected chi connectivity index (χ2v) is 4.34. The van der Waals surface area contributed by atoms with E-state index in [9.17, 15) is 9.59 Å². The number of rotatable bonds is 1. The fourth-order valence-electron chi connectivity index (χ4n) is 1.57. The van der Waals surface area contributed by atoms with Gasteiger partial charge in [0.1, 0.15) is 5.54 Å². The number of hydrogen-bond acceptors (Lipinski definition) is 5. The van der Waals surface area contributed by atoms with Gasteiger partial charge >= 0.3 is 11.9 Å². The van der Waals surface area contributed by atoms with E-state index in [1.165, 1.54) is 13.2 Å². The van der Waals surface area contributed by atoms with Crippen LogP contribution in [0.15, 0.2) is 18.2 Å². The lowest BCUT2D eigenvalue weighted by atomic mass is 10.0. The highest BCUT2D eigenvalue weighted by Crippen LogP contribution is 2.33. The molecule has 0 saturated heterocycles. The molecular weight excluding hydrogens is 222 g/mol. The van der Waals surface area contributed by atoms with Gasteiger partial charge in [0.15, 0.2) is 5.75 Å². The summed E-state index contributed by atoms with van der Waals surface area (Å²) in [5, 5.41) is 3.04. The summed E-state index contributed by atoms with van der Waals surface area (Å²) in [5.41, 5.74) is 0.266. The summed E-state index contributed by atoms with van der Waals surface area (Å²) < 4.78 is 9.77. The second kappa shape index (κ2) is 3.76. The first-order chi connectivity index (χ1) is 7.94. The number of anilines is 1. The molecule has 0 atom stereocenters. The maximum absolute atomic E-state index is 11.6. The van der Waals surface area contributed by atoms with Crippen LogP contribution in [0.1, 0.15) is 24.2 Å². The Balaban J connectivity index is 2.39. The third-order valence-corrected chi connectivity index (χ3v) is 2.56. The van der Waals surface area contributed by atoms with Crippen LogP contribution >= 0.6 is 0 Å². The van der Waals surface area contributed by atoms with Crippen LogP contribution in [-0.4, -0.2) is 24.6 Å². The van der Waals surface area contributed by atoms with Crippen LogP contribution in [0.4, 0.5) is 5.69 Å². The van der Waals surface area contributed by atoms with Crippen molar-refractivity contribution in [1.29, 1.82) is 0 Å². The highest BCUT2D eigenvalue weighted by atomic mass is 16.5. The highest BCUT2D eigenvalue weighted by Gasteiger charge is 2.35. The Morgan fingerprint density at radius 2 is 2.12 bits per heavy atom. The molecular formula is C12H13NO4. The maximum Gasteiger partial charge on any atom is 0.337 e. The van der Waals surface area contributed by atoms with Gasteiger partial charge in [-0.2, -0.15) is 0 Å². The van der Waals surface area contributed by atoms with Gasteiger partial charge in [0, 0.05) is 0 Å². The number of methoxy groups -OCH3 is 1. The molecule has 0 aliphatic carbocycles. The van der Waals surface area contributed by atoms with Gasteiger partial charge in [0.25, 0.3) is 0 Å². The number of carbonyl (C=O) groups excluding carboxylic acids is 2. The molecule has 1 aromatic rings. The third-order valence-electron chi connectivity index (χ3n) is 2.56. The molecule has 1 heterocycles. The van der Waals surface area contributed by atoms with Crippen molar-refractivity contribution in [1.82, 2.24) is 0 Å². The van der Waals surface area contributed by atoms with Crippen molar-refractivity contribution in [3.05, 3.63) is 23.8 Å². The fraction of sp³-hybridized carbons (Fsp3) is 0.333. The molecule has 0 saturated carbocycles. The van der Waals surface area contributed by atoms with E-state index >= 15 is 0 Å². The third kappa shape index (κ3) is 1.95. The highest BCUT2D eigenvalue weighted by molar-refractivity contribution is 5.94. The summed E-state index contributed by atoms with van der Waals surface area (Å²) in [4.78, 5) is 23.0. The maximum atomic E-state index is 11.6. The molecule has 0 bridgehead atoms. The van der Waals surface area contributed by atoms with E-state index < -0.39 is 11.5 Å². The first kappa shape index (κ1) is 11.4. The Hall–Kier alpha value is -2.04. The Morgan fingerprint density at radius 3 is 2.76 bits per heavy atom. The summed E-state index contributed by atoms with van der Waals surface area (Å²) in [6.45, 7) is 3.46. The topological polar surface area (TPSA) is 64.6 Å². The van der Waals surface area contributed by atoms with Crippen LogP contribution < -0.4 is 10.1 Å². The predicted octanol–water partition coefficient (Wildman–Crippen LogP) is 1.58. The number of hydrogen-bond donors (Lipinski definition) is 1. The molecule has 0 aromatic heterocycles. The predicted molar refractivity (Wildman–Crippen MR) is 61.1 cm³/mol. The Labute approximate surface area is 98.7 Å². The molecule has 0 radical (unpaired) electrons. The van der Waals surface area contributed by atoms with Crippen molar-refractivity contribution in [2.45, 2.75) is 19.4 Å². The van der Waals surface area contributed by atoms with Crippen molar-refractivity contribution < 1.29 is 19.1 Å². The zero-order valence-electron chi connectivity index (χ0n) is 9.87. The second-order valence-electron chi connectivity index (χ2n) is 4.34. The largest absolute Gasteiger partial charge is 0.465 e. The first-order valence-corrected chi connectivity index (χ1v) is 5.17. The average molecular weight is 235 g/mol. The van der Waals surface area contributed by atoms with Gasteiger partial charge in [0.2, 0.25) is 0 Å². The zero-order chi connectivity index (χ0) is 12.6. The van der Waals surface area contributed by atoms with E-state index in [4.69, 9.17) is 4.74 Å². The molecule has 1 aromatic carbocycles. The van der Waals surface area contributed by atoms with Crippen molar-refractivity contribution in [2.24, 2.45) is 0 Å². The molecule has 0 spiro atoms. The van der Waals surface area contributed by atoms with Crippen molar-refractivity contribution in [3.8, 4) is 5.75 Å². The summed E-state index contributed by atoms with van der Waals surface area (Å²) in [6.07, 6.45) is 0. The van der Waals surface area contributed by atoms with Gasteiger partial charge < -0.3 is 14.8 Å². The zero-order valence-corrected chi connectivity index (χ0v) is 9.87. The SMILES string of the molecule is COC(=O)c1ccc2c(c1)OC(=O)C(C)(C)N2. The summed E-state index contributed by atoms with van der Waals surface area (Å²) in [6, 6.07) is 4.80. The van der Waals surface area contributed by atoms with E-state index in [2.05, 4.69) is 10.1 Å². The standard InChI is InChI=1S/C12H13NO4/c1-12(2)11(15)17-9-6-7(10(14)16-3)4-5-8(9)13-12/h4-6,13H,1-3H3. The van der Waals surface area contributed by atoms with Crippen molar-refractivity contribution in [2.75, 3.05) is 12.4 Å². The van der Waals surface area contributed by atoms with Gasteiger partial charge in [0.05, 0.1) is 18.4 Å². The first-order valence-electron chi connectivity index (χ1n) is 5.17. The van der Waals surface area contributed by atoms with Crippen molar-refractivity contribution in [3.63, 3.8) is 0 Å². The molecule has 0 amide bonds. The van der Waals surface area contributed by atoms with Crippen LogP contribution in [0.2, 0.25) is 0 Å². The van der Waals surface area contributed by atoms with E-state index in [0.29, 0.717) is 17.0 Å². The summed E-state index contributed by atoms with van der Waals surface area (Å²) >= 11 is 0. The Kier molecular flexibility index (Phi) is 2.53. The Bertz CT molecular complexity index is 493. The molecule has 17 heavy (non-hydrogen) atoms. The van der Waals surface area contributed by atoms with Crippen LogP contribution in [-0.2, 0) is 9.53 Å².